The van der Waals surface area contributed by atoms with Crippen molar-refractivity contribution in [2.24, 2.45) is 0 Å². The average molecular weight is 662 g/mol. The molecular weight excluding hydrogens is 621 g/mol. The average Bonchev–Trinajstić information content (AvgIpc) is 3.96. The molecule has 0 unspecified atom stereocenters. The molecule has 0 radical (unpaired) electrons. The van der Waals surface area contributed by atoms with E-state index in [9.17, 15) is 2.74 Å². The van der Waals surface area contributed by atoms with Gasteiger partial charge in [-0.1, -0.05) is 127 Å². The first-order chi connectivity index (χ1) is 29.9. The van der Waals surface area contributed by atoms with E-state index in [0.717, 1.165) is 49.4 Å². The number of nitrogens with zero attached hydrogens (tertiary/aromatic N) is 2. The second kappa shape index (κ2) is 10.8. The second-order valence-electron chi connectivity index (χ2n) is 12.5. The SMILES string of the molecule is [2H]c1c([2H])c([2H])c(-c2c([2H])c([2H])c(-n3c4ccccc4c4ccc(-c5ccc6c7ccccc7n(-c7ccccc7)c6c5)cc43)c3c2oc2c([2H])c([2H])c([2H])c([2H])c23)c([2H])c1[2H]. The van der Waals surface area contributed by atoms with Crippen molar-refractivity contribution in [2.45, 2.75) is 0 Å². The van der Waals surface area contributed by atoms with Gasteiger partial charge in [0.1, 0.15) is 11.2 Å². The van der Waals surface area contributed by atoms with Crippen molar-refractivity contribution in [1.82, 2.24) is 9.13 Å². The minimum Gasteiger partial charge on any atom is -0.455 e. The third kappa shape index (κ3) is 4.12. The van der Waals surface area contributed by atoms with Crippen molar-refractivity contribution in [3.8, 4) is 33.6 Å². The van der Waals surface area contributed by atoms with Gasteiger partial charge in [-0.15, -0.1) is 0 Å². The Bertz CT molecular complexity index is 3750. The van der Waals surface area contributed by atoms with Gasteiger partial charge in [-0.2, -0.15) is 0 Å². The second-order valence-corrected chi connectivity index (χ2v) is 12.5. The summed E-state index contributed by atoms with van der Waals surface area (Å²) in [5.41, 5.74) is 5.06. The van der Waals surface area contributed by atoms with Gasteiger partial charge in [0.2, 0.25) is 0 Å². The van der Waals surface area contributed by atoms with Gasteiger partial charge in [0.15, 0.2) is 0 Å². The van der Waals surface area contributed by atoms with E-state index < -0.39 is 66.5 Å². The monoisotopic (exact) mass is 661 g/mol. The van der Waals surface area contributed by atoms with Crippen LogP contribution < -0.4 is 0 Å². The van der Waals surface area contributed by atoms with Gasteiger partial charge in [0.25, 0.3) is 0 Å². The lowest BCUT2D eigenvalue weighted by molar-refractivity contribution is 0.670. The number of hydrogen-bond donors (Lipinski definition) is 0. The van der Waals surface area contributed by atoms with Crippen LogP contribution in [0.25, 0.3) is 99.2 Å². The zero-order chi connectivity index (χ0) is 43.0. The highest BCUT2D eigenvalue weighted by Crippen LogP contribution is 2.43. The number of aromatic nitrogens is 2. The van der Waals surface area contributed by atoms with E-state index in [1.54, 1.807) is 4.57 Å². The highest BCUT2D eigenvalue weighted by atomic mass is 16.3. The molecule has 0 aliphatic heterocycles. The van der Waals surface area contributed by atoms with Gasteiger partial charge in [0.05, 0.1) is 48.2 Å². The Morgan fingerprint density at radius 1 is 0.431 bits per heavy atom. The molecule has 238 valence electrons. The molecule has 3 heterocycles. The molecule has 51 heavy (non-hydrogen) atoms. The van der Waals surface area contributed by atoms with Gasteiger partial charge in [0, 0.05) is 38.2 Å². The van der Waals surface area contributed by atoms with Crippen LogP contribution >= 0.6 is 0 Å². The molecular formula is C48H30N2O. The van der Waals surface area contributed by atoms with Crippen LogP contribution in [0, 0.1) is 0 Å². The normalized spacial score (nSPS) is 14.9. The van der Waals surface area contributed by atoms with E-state index >= 15 is 0 Å². The van der Waals surface area contributed by atoms with Crippen molar-refractivity contribution in [2.75, 3.05) is 0 Å². The zero-order valence-electron chi connectivity index (χ0n) is 37.8. The first-order valence-electron chi connectivity index (χ1n) is 22.0. The fraction of sp³-hybridized carbons (Fsp3) is 0. The van der Waals surface area contributed by atoms with Crippen LogP contribution in [0.3, 0.4) is 0 Å². The quantitative estimate of drug-likeness (QED) is 0.184. The molecule has 0 spiro atoms. The van der Waals surface area contributed by atoms with Gasteiger partial charge in [-0.05, 0) is 71.2 Å². The van der Waals surface area contributed by atoms with Crippen LogP contribution in [0.4, 0.5) is 0 Å². The van der Waals surface area contributed by atoms with Gasteiger partial charge < -0.3 is 13.6 Å². The molecule has 0 atom stereocenters. The van der Waals surface area contributed by atoms with Crippen molar-refractivity contribution >= 4 is 65.6 Å². The summed E-state index contributed by atoms with van der Waals surface area (Å²) in [6.45, 7) is 0. The molecule has 3 aromatic heterocycles. The minimum atomic E-state index is -0.651. The summed E-state index contributed by atoms with van der Waals surface area (Å²) < 4.78 is 108. The lowest BCUT2D eigenvalue weighted by Crippen LogP contribution is -1.96. The third-order valence-corrected chi connectivity index (χ3v) is 9.77. The number of rotatable bonds is 4. The fourth-order valence-electron chi connectivity index (χ4n) is 7.58. The molecule has 8 aromatic carbocycles. The predicted octanol–water partition coefficient (Wildman–Crippen LogP) is 13.1. The molecule has 0 saturated heterocycles. The van der Waals surface area contributed by atoms with E-state index in [1.807, 2.05) is 72.8 Å². The molecule has 0 bridgehead atoms. The van der Waals surface area contributed by atoms with Crippen LogP contribution in [0.1, 0.15) is 15.1 Å². The third-order valence-electron chi connectivity index (χ3n) is 9.77. The lowest BCUT2D eigenvalue weighted by atomic mass is 10.0. The summed E-state index contributed by atoms with van der Waals surface area (Å²) in [5.74, 6) is 0. The van der Waals surface area contributed by atoms with Gasteiger partial charge in [-0.3, -0.25) is 0 Å². The predicted molar refractivity (Wildman–Crippen MR) is 213 cm³/mol. The Kier molecular flexibility index (Phi) is 4.11. The molecule has 0 amide bonds. The molecule has 11 rings (SSSR count). The van der Waals surface area contributed by atoms with Crippen molar-refractivity contribution < 1.29 is 19.5 Å². The molecule has 0 aliphatic rings. The Morgan fingerprint density at radius 2 is 1.02 bits per heavy atom. The first-order valence-corrected chi connectivity index (χ1v) is 16.5. The number of para-hydroxylation sites is 4. The van der Waals surface area contributed by atoms with Crippen molar-refractivity contribution in [1.29, 1.82) is 0 Å². The fourth-order valence-corrected chi connectivity index (χ4v) is 7.58. The van der Waals surface area contributed by atoms with E-state index in [0.29, 0.717) is 11.0 Å². The Morgan fingerprint density at radius 3 is 1.75 bits per heavy atom. The summed E-state index contributed by atoms with van der Waals surface area (Å²) in [4.78, 5) is 0. The highest BCUT2D eigenvalue weighted by molar-refractivity contribution is 6.17. The maximum atomic E-state index is 9.79. The summed E-state index contributed by atoms with van der Waals surface area (Å²) in [6.07, 6.45) is 0. The van der Waals surface area contributed by atoms with Crippen LogP contribution in [-0.4, -0.2) is 9.13 Å². The molecule has 3 heteroatoms. The number of benzene rings is 8. The lowest BCUT2D eigenvalue weighted by Gasteiger charge is -2.13. The van der Waals surface area contributed by atoms with Crippen LogP contribution in [-0.2, 0) is 0 Å². The standard InChI is InChI=1S/C48H30N2O/c1-3-13-31(14-4-1)35-27-28-43(47-40-19-9-12-22-46(40)51-48(35)47)50-42-21-11-8-18-37(42)39-26-24-33(30-45(39)50)32-23-25-38-36-17-7-10-20-41(36)49(44(38)29-32)34-15-5-2-6-16-34/h1-30H/i1D,3D,4D,9D,12D,13D,14D,19D,22D,27D,28D. The molecule has 0 saturated carbocycles. The number of hydrogen-bond acceptors (Lipinski definition) is 1. The van der Waals surface area contributed by atoms with E-state index in [-0.39, 0.29) is 38.8 Å². The highest BCUT2D eigenvalue weighted by Gasteiger charge is 2.21. The molecule has 0 N–H and O–H groups in total. The Balaban J connectivity index is 1.27. The summed E-state index contributed by atoms with van der Waals surface area (Å²) in [5, 5.41) is 3.80. The minimum absolute atomic E-state index is 0.0386. The number of furan rings is 1. The number of fused-ring (bicyclic) bond motifs is 9. The summed E-state index contributed by atoms with van der Waals surface area (Å²) in [7, 11) is 0. The molecule has 11 aromatic rings. The molecule has 3 nitrogen and oxygen atoms in total. The van der Waals surface area contributed by atoms with Crippen LogP contribution in [0.2, 0.25) is 0 Å². The topological polar surface area (TPSA) is 23.0 Å². The van der Waals surface area contributed by atoms with Gasteiger partial charge >= 0.3 is 0 Å². The first kappa shape index (κ1) is 19.4. The molecule has 0 fully saturated rings. The van der Waals surface area contributed by atoms with Crippen molar-refractivity contribution in [3.63, 3.8) is 0 Å². The summed E-state index contributed by atoms with van der Waals surface area (Å²) in [6, 6.07) is 32.2. The Hall–Kier alpha value is -6.84. The van der Waals surface area contributed by atoms with Crippen molar-refractivity contribution in [3.05, 3.63) is 182 Å². The Labute approximate surface area is 309 Å². The van der Waals surface area contributed by atoms with Crippen LogP contribution in [0.15, 0.2) is 186 Å². The molecule has 0 aliphatic carbocycles. The van der Waals surface area contributed by atoms with E-state index in [4.69, 9.17) is 16.8 Å². The maximum Gasteiger partial charge on any atom is 0.145 e. The van der Waals surface area contributed by atoms with E-state index in [2.05, 4.69) is 47.0 Å². The zero-order valence-corrected chi connectivity index (χ0v) is 26.8. The maximum absolute atomic E-state index is 9.79. The van der Waals surface area contributed by atoms with Crippen LogP contribution in [0.5, 0.6) is 0 Å². The smallest absolute Gasteiger partial charge is 0.145 e. The van der Waals surface area contributed by atoms with E-state index in [1.165, 1.54) is 0 Å². The largest absolute Gasteiger partial charge is 0.455 e. The summed E-state index contributed by atoms with van der Waals surface area (Å²) >= 11 is 0. The van der Waals surface area contributed by atoms with Gasteiger partial charge in [-0.25, -0.2) is 0 Å².